The minimum atomic E-state index is -0.234. The number of ketones is 1. The fourth-order valence-electron chi connectivity index (χ4n) is 4.41. The average molecular weight is 397 g/mol. The topological polar surface area (TPSA) is 37.3 Å². The van der Waals surface area contributed by atoms with Crippen LogP contribution >= 0.6 is 0 Å². The lowest BCUT2D eigenvalue weighted by atomic mass is 9.66. The molecule has 1 atom stereocenters. The number of hydrogen-bond donors (Lipinski definition) is 1. The summed E-state index contributed by atoms with van der Waals surface area (Å²) in [5.41, 5.74) is 5.75. The molecule has 0 aromatic rings. The van der Waals surface area contributed by atoms with Crippen LogP contribution < -0.4 is 0 Å². The van der Waals surface area contributed by atoms with E-state index < -0.39 is 0 Å². The van der Waals surface area contributed by atoms with Crippen molar-refractivity contribution in [3.05, 3.63) is 57.4 Å². The van der Waals surface area contributed by atoms with Gasteiger partial charge in [0.05, 0.1) is 0 Å². The van der Waals surface area contributed by atoms with Gasteiger partial charge in [0.15, 0.2) is 5.78 Å². The summed E-state index contributed by atoms with van der Waals surface area (Å²) >= 11 is 0. The fraction of sp³-hybridized carbons (Fsp3) is 0.593. The monoisotopic (exact) mass is 396 g/mol. The van der Waals surface area contributed by atoms with Crippen molar-refractivity contribution in [3.8, 4) is 0 Å². The highest BCUT2D eigenvalue weighted by Gasteiger charge is 2.39. The van der Waals surface area contributed by atoms with Gasteiger partial charge in [-0.1, -0.05) is 75.3 Å². The normalized spacial score (nSPS) is 24.2. The van der Waals surface area contributed by atoms with Gasteiger partial charge in [0.2, 0.25) is 0 Å². The van der Waals surface area contributed by atoms with E-state index in [-0.39, 0.29) is 34.4 Å². The lowest BCUT2D eigenvalue weighted by Gasteiger charge is -2.39. The van der Waals surface area contributed by atoms with Crippen LogP contribution in [0.25, 0.3) is 0 Å². The number of rotatable bonds is 2. The Morgan fingerprint density at radius 2 is 1.45 bits per heavy atom. The number of aliphatic hydroxyl groups excluding tert-OH is 1. The molecule has 2 aliphatic rings. The van der Waals surface area contributed by atoms with E-state index in [4.69, 9.17) is 0 Å². The molecule has 0 spiro atoms. The molecule has 0 aromatic heterocycles. The van der Waals surface area contributed by atoms with Gasteiger partial charge in [0, 0.05) is 17.1 Å². The minimum absolute atomic E-state index is 0.102. The maximum atomic E-state index is 13.2. The van der Waals surface area contributed by atoms with Crippen molar-refractivity contribution in [1.82, 2.24) is 0 Å². The number of aliphatic hydroxyl groups is 1. The summed E-state index contributed by atoms with van der Waals surface area (Å²) in [4.78, 5) is 13.2. The second kappa shape index (κ2) is 7.78. The zero-order valence-electron chi connectivity index (χ0n) is 20.3. The highest BCUT2D eigenvalue weighted by atomic mass is 16.3. The van der Waals surface area contributed by atoms with E-state index in [0.717, 1.165) is 27.9 Å². The van der Waals surface area contributed by atoms with E-state index in [1.807, 2.05) is 0 Å². The Balaban J connectivity index is 2.89. The lowest BCUT2D eigenvalue weighted by Crippen LogP contribution is -2.30. The van der Waals surface area contributed by atoms with E-state index in [1.54, 1.807) is 0 Å². The van der Waals surface area contributed by atoms with Crippen molar-refractivity contribution in [3.63, 3.8) is 0 Å². The molecule has 2 heteroatoms. The van der Waals surface area contributed by atoms with Crippen molar-refractivity contribution in [1.29, 1.82) is 0 Å². The Bertz CT molecular complexity index is 853. The van der Waals surface area contributed by atoms with Crippen molar-refractivity contribution in [2.45, 2.75) is 76.2 Å². The third-order valence-electron chi connectivity index (χ3n) is 6.00. The summed E-state index contributed by atoms with van der Waals surface area (Å²) < 4.78 is 0. The first kappa shape index (κ1) is 23.4. The third-order valence-corrected chi connectivity index (χ3v) is 6.00. The summed E-state index contributed by atoms with van der Waals surface area (Å²) in [6.07, 6.45) is 6.28. The van der Waals surface area contributed by atoms with Crippen molar-refractivity contribution in [2.24, 2.45) is 28.6 Å². The molecule has 2 aliphatic carbocycles. The standard InChI is InChI=1S/C27H40O2/c1-15(2)19-12-17(5)22(23(25(19)29)27(9,10)11)18-13-20(16(3)4)24(28)21(14-18)26(6,7)8/h12-16,23,29H,1-11H3. The van der Waals surface area contributed by atoms with Crippen molar-refractivity contribution >= 4 is 5.78 Å². The molecular weight excluding hydrogens is 356 g/mol. The molecule has 0 bridgehead atoms. The van der Waals surface area contributed by atoms with Gasteiger partial charge in [0.25, 0.3) is 0 Å². The van der Waals surface area contributed by atoms with Crippen molar-refractivity contribution in [2.75, 3.05) is 0 Å². The van der Waals surface area contributed by atoms with Gasteiger partial charge in [-0.05, 0) is 64.0 Å². The van der Waals surface area contributed by atoms with E-state index >= 15 is 0 Å². The van der Waals surface area contributed by atoms with Gasteiger partial charge in [0.1, 0.15) is 5.76 Å². The molecule has 2 nitrogen and oxygen atoms in total. The summed E-state index contributed by atoms with van der Waals surface area (Å²) in [5, 5.41) is 11.3. The van der Waals surface area contributed by atoms with Crippen LogP contribution in [0, 0.1) is 28.6 Å². The van der Waals surface area contributed by atoms with Crippen LogP contribution in [-0.2, 0) is 4.79 Å². The zero-order chi connectivity index (χ0) is 22.5. The summed E-state index contributed by atoms with van der Waals surface area (Å²) in [6.45, 7) is 23.4. The molecule has 0 heterocycles. The number of carbonyl (C=O) groups is 1. The first-order chi connectivity index (χ1) is 13.1. The van der Waals surface area contributed by atoms with E-state index in [9.17, 15) is 9.90 Å². The van der Waals surface area contributed by atoms with Crippen LogP contribution in [0.1, 0.15) is 76.2 Å². The molecule has 0 fully saturated rings. The van der Waals surface area contributed by atoms with Crippen LogP contribution in [0.4, 0.5) is 0 Å². The molecule has 1 N–H and O–H groups in total. The first-order valence-corrected chi connectivity index (χ1v) is 10.9. The van der Waals surface area contributed by atoms with Crippen LogP contribution in [0.15, 0.2) is 57.4 Å². The molecule has 0 amide bonds. The minimum Gasteiger partial charge on any atom is -0.511 e. The molecule has 0 aromatic carbocycles. The molecule has 0 aliphatic heterocycles. The quantitative estimate of drug-likeness (QED) is 0.524. The predicted molar refractivity (Wildman–Crippen MR) is 124 cm³/mol. The predicted octanol–water partition coefficient (Wildman–Crippen LogP) is 7.51. The van der Waals surface area contributed by atoms with Crippen LogP contribution in [0.3, 0.4) is 0 Å². The lowest BCUT2D eigenvalue weighted by molar-refractivity contribution is -0.113. The SMILES string of the molecule is CC1=CC(C(C)C)=C(O)C(C(C)(C)C)C1=C1C=C(C(C)C)C(=O)C(C(C)(C)C)=C1. The molecule has 2 rings (SSSR count). The van der Waals surface area contributed by atoms with E-state index in [2.05, 4.69) is 94.4 Å². The maximum absolute atomic E-state index is 13.2. The average Bonchev–Trinajstić information content (AvgIpc) is 2.53. The van der Waals surface area contributed by atoms with Crippen LogP contribution in [0.5, 0.6) is 0 Å². The van der Waals surface area contributed by atoms with E-state index in [0.29, 0.717) is 5.76 Å². The number of allylic oxidation sites excluding steroid dienone is 9. The van der Waals surface area contributed by atoms with Gasteiger partial charge >= 0.3 is 0 Å². The van der Waals surface area contributed by atoms with Gasteiger partial charge in [-0.15, -0.1) is 0 Å². The molecule has 1 unspecified atom stereocenters. The van der Waals surface area contributed by atoms with Crippen LogP contribution in [0.2, 0.25) is 0 Å². The Morgan fingerprint density at radius 1 is 0.897 bits per heavy atom. The highest BCUT2D eigenvalue weighted by molar-refractivity contribution is 6.11. The Morgan fingerprint density at radius 3 is 1.86 bits per heavy atom. The largest absolute Gasteiger partial charge is 0.511 e. The Kier molecular flexibility index (Phi) is 6.29. The van der Waals surface area contributed by atoms with Gasteiger partial charge in [-0.3, -0.25) is 4.79 Å². The first-order valence-electron chi connectivity index (χ1n) is 10.9. The maximum Gasteiger partial charge on any atom is 0.185 e. The summed E-state index contributed by atoms with van der Waals surface area (Å²) in [7, 11) is 0. The highest BCUT2D eigenvalue weighted by Crippen LogP contribution is 2.48. The Labute approximate surface area is 178 Å². The number of hydrogen-bond acceptors (Lipinski definition) is 2. The Hall–Kier alpha value is -1.83. The molecular formula is C27H40O2. The second-order valence-corrected chi connectivity index (χ2v) is 11.4. The zero-order valence-corrected chi connectivity index (χ0v) is 20.3. The molecule has 0 radical (unpaired) electrons. The molecule has 0 saturated heterocycles. The molecule has 160 valence electrons. The van der Waals surface area contributed by atoms with Crippen LogP contribution in [-0.4, -0.2) is 10.9 Å². The van der Waals surface area contributed by atoms with Gasteiger partial charge < -0.3 is 5.11 Å². The van der Waals surface area contributed by atoms with Gasteiger partial charge in [-0.2, -0.15) is 0 Å². The summed E-state index contributed by atoms with van der Waals surface area (Å²) in [6, 6.07) is 0. The third kappa shape index (κ3) is 4.52. The number of Topliss-reactive ketones (excluding diaryl/α,β-unsaturated/α-hetero) is 1. The van der Waals surface area contributed by atoms with E-state index in [1.165, 1.54) is 5.57 Å². The molecule has 0 saturated carbocycles. The van der Waals surface area contributed by atoms with Crippen molar-refractivity contribution < 1.29 is 9.90 Å². The smallest absolute Gasteiger partial charge is 0.185 e. The molecule has 29 heavy (non-hydrogen) atoms. The van der Waals surface area contributed by atoms with Gasteiger partial charge in [-0.25, -0.2) is 0 Å². The fourth-order valence-corrected chi connectivity index (χ4v) is 4.41. The number of carbonyl (C=O) groups excluding carboxylic acids is 1. The summed E-state index contributed by atoms with van der Waals surface area (Å²) in [5.74, 6) is 0.944. The second-order valence-electron chi connectivity index (χ2n) is 11.4.